The minimum Gasteiger partial charge on any atom is -0.497 e. The van der Waals surface area contributed by atoms with Crippen LogP contribution in [-0.2, 0) is 4.79 Å². The Morgan fingerprint density at radius 1 is 1.23 bits per heavy atom. The number of pyridine rings is 1. The first-order valence-electron chi connectivity index (χ1n) is 9.14. The fraction of sp³-hybridized carbons (Fsp3) is 0.450. The standard InChI is InChI=1S/C20H25N3O3/c1-3-10-21-19(24)14-8-11-23(12-9-14)20(25)18-6-4-15-13-16(26-2)5-7-17(15)22-18/h4-7,13-14H,3,8-12H2,1-2H3,(H,21,24). The second kappa shape index (κ2) is 8.17. The molecule has 1 aromatic carbocycles. The van der Waals surface area contributed by atoms with Crippen LogP contribution in [0.5, 0.6) is 5.75 Å². The molecular weight excluding hydrogens is 330 g/mol. The van der Waals surface area contributed by atoms with Crippen molar-refractivity contribution in [3.63, 3.8) is 0 Å². The molecule has 1 saturated heterocycles. The van der Waals surface area contributed by atoms with Crippen LogP contribution >= 0.6 is 0 Å². The van der Waals surface area contributed by atoms with Crippen molar-refractivity contribution in [2.24, 2.45) is 5.92 Å². The highest BCUT2D eigenvalue weighted by Gasteiger charge is 2.28. The molecule has 2 heterocycles. The van der Waals surface area contributed by atoms with E-state index in [2.05, 4.69) is 10.3 Å². The van der Waals surface area contributed by atoms with Gasteiger partial charge in [-0.05, 0) is 43.5 Å². The molecular formula is C20H25N3O3. The molecule has 0 saturated carbocycles. The number of nitrogens with zero attached hydrogens (tertiary/aromatic N) is 2. The van der Waals surface area contributed by atoms with Gasteiger partial charge in [0.1, 0.15) is 11.4 Å². The van der Waals surface area contributed by atoms with Crippen molar-refractivity contribution >= 4 is 22.7 Å². The Kier molecular flexibility index (Phi) is 5.71. The summed E-state index contributed by atoms with van der Waals surface area (Å²) in [6.07, 6.45) is 2.33. The van der Waals surface area contributed by atoms with Crippen LogP contribution in [0.2, 0.25) is 0 Å². The number of piperidine rings is 1. The normalized spacial score (nSPS) is 15.1. The third-order valence-corrected chi connectivity index (χ3v) is 4.82. The van der Waals surface area contributed by atoms with Gasteiger partial charge in [0, 0.05) is 30.9 Å². The van der Waals surface area contributed by atoms with Crippen molar-refractivity contribution in [2.75, 3.05) is 26.7 Å². The minimum atomic E-state index is -0.0739. The molecule has 0 bridgehead atoms. The molecule has 1 fully saturated rings. The predicted molar refractivity (Wildman–Crippen MR) is 100 cm³/mol. The van der Waals surface area contributed by atoms with E-state index < -0.39 is 0 Å². The van der Waals surface area contributed by atoms with E-state index in [0.29, 0.717) is 38.2 Å². The SMILES string of the molecule is CCCNC(=O)C1CCN(C(=O)c2ccc3cc(OC)ccc3n2)CC1. The summed E-state index contributed by atoms with van der Waals surface area (Å²) in [5, 5.41) is 3.88. The van der Waals surface area contributed by atoms with E-state index in [1.54, 1.807) is 18.1 Å². The number of hydrogen-bond acceptors (Lipinski definition) is 4. The van der Waals surface area contributed by atoms with Gasteiger partial charge in [-0.15, -0.1) is 0 Å². The molecule has 2 amide bonds. The van der Waals surface area contributed by atoms with E-state index >= 15 is 0 Å². The number of nitrogens with one attached hydrogen (secondary N) is 1. The van der Waals surface area contributed by atoms with Crippen LogP contribution in [0.4, 0.5) is 0 Å². The van der Waals surface area contributed by atoms with Crippen molar-refractivity contribution in [3.8, 4) is 5.75 Å². The molecule has 6 heteroatoms. The smallest absolute Gasteiger partial charge is 0.272 e. The van der Waals surface area contributed by atoms with Gasteiger partial charge >= 0.3 is 0 Å². The Hall–Kier alpha value is -2.63. The lowest BCUT2D eigenvalue weighted by molar-refractivity contribution is -0.126. The molecule has 0 aliphatic carbocycles. The van der Waals surface area contributed by atoms with Crippen LogP contribution in [0, 0.1) is 5.92 Å². The third-order valence-electron chi connectivity index (χ3n) is 4.82. The molecule has 1 aliphatic rings. The van der Waals surface area contributed by atoms with Crippen LogP contribution in [0.15, 0.2) is 30.3 Å². The number of ether oxygens (including phenoxy) is 1. The summed E-state index contributed by atoms with van der Waals surface area (Å²) in [4.78, 5) is 31.1. The fourth-order valence-electron chi connectivity index (χ4n) is 3.25. The van der Waals surface area contributed by atoms with Gasteiger partial charge in [0.05, 0.1) is 12.6 Å². The van der Waals surface area contributed by atoms with Crippen molar-refractivity contribution in [1.29, 1.82) is 0 Å². The summed E-state index contributed by atoms with van der Waals surface area (Å²) in [6.45, 7) is 3.93. The first kappa shape index (κ1) is 18.2. The Morgan fingerprint density at radius 3 is 2.69 bits per heavy atom. The molecule has 138 valence electrons. The Balaban J connectivity index is 1.65. The van der Waals surface area contributed by atoms with Gasteiger partial charge in [-0.1, -0.05) is 13.0 Å². The number of likely N-dealkylation sites (tertiary alicyclic amines) is 1. The van der Waals surface area contributed by atoms with Gasteiger partial charge in [0.25, 0.3) is 5.91 Å². The second-order valence-electron chi connectivity index (χ2n) is 6.61. The number of benzene rings is 1. The van der Waals surface area contributed by atoms with Crippen LogP contribution in [0.1, 0.15) is 36.7 Å². The van der Waals surface area contributed by atoms with Crippen LogP contribution in [0.3, 0.4) is 0 Å². The molecule has 1 N–H and O–H groups in total. The Bertz CT molecular complexity index is 798. The lowest BCUT2D eigenvalue weighted by Gasteiger charge is -2.31. The molecule has 6 nitrogen and oxygen atoms in total. The number of hydrogen-bond donors (Lipinski definition) is 1. The molecule has 1 aromatic heterocycles. The van der Waals surface area contributed by atoms with Crippen molar-refractivity contribution < 1.29 is 14.3 Å². The quantitative estimate of drug-likeness (QED) is 0.895. The van der Waals surface area contributed by atoms with Gasteiger partial charge in [-0.3, -0.25) is 9.59 Å². The molecule has 3 rings (SSSR count). The summed E-state index contributed by atoms with van der Waals surface area (Å²) < 4.78 is 5.21. The fourth-order valence-corrected chi connectivity index (χ4v) is 3.25. The second-order valence-corrected chi connectivity index (χ2v) is 6.61. The summed E-state index contributed by atoms with van der Waals surface area (Å²) >= 11 is 0. The van der Waals surface area contributed by atoms with E-state index in [1.807, 2.05) is 31.2 Å². The third kappa shape index (κ3) is 3.95. The number of carbonyl (C=O) groups excluding carboxylic acids is 2. The summed E-state index contributed by atoms with van der Waals surface area (Å²) in [5.41, 5.74) is 1.21. The molecule has 0 unspecified atom stereocenters. The number of fused-ring (bicyclic) bond motifs is 1. The highest BCUT2D eigenvalue weighted by molar-refractivity contribution is 5.95. The zero-order chi connectivity index (χ0) is 18.5. The maximum absolute atomic E-state index is 12.8. The van der Waals surface area contributed by atoms with Crippen LogP contribution in [-0.4, -0.2) is 48.4 Å². The van der Waals surface area contributed by atoms with E-state index in [0.717, 1.165) is 23.1 Å². The Morgan fingerprint density at radius 2 is 2.00 bits per heavy atom. The van der Waals surface area contributed by atoms with E-state index in [1.165, 1.54) is 0 Å². The molecule has 0 atom stereocenters. The van der Waals surface area contributed by atoms with Gasteiger partial charge in [-0.2, -0.15) is 0 Å². The molecule has 0 spiro atoms. The van der Waals surface area contributed by atoms with Crippen LogP contribution in [0.25, 0.3) is 10.9 Å². The Labute approximate surface area is 153 Å². The van der Waals surface area contributed by atoms with Gasteiger partial charge in [0.2, 0.25) is 5.91 Å². The maximum atomic E-state index is 12.8. The lowest BCUT2D eigenvalue weighted by atomic mass is 9.95. The summed E-state index contributed by atoms with van der Waals surface area (Å²) in [5.74, 6) is 0.802. The van der Waals surface area contributed by atoms with Gasteiger partial charge in [0.15, 0.2) is 0 Å². The highest BCUT2D eigenvalue weighted by Crippen LogP contribution is 2.22. The largest absolute Gasteiger partial charge is 0.497 e. The average molecular weight is 355 g/mol. The van der Waals surface area contributed by atoms with E-state index in [9.17, 15) is 9.59 Å². The number of amides is 2. The van der Waals surface area contributed by atoms with Crippen molar-refractivity contribution in [3.05, 3.63) is 36.0 Å². The highest BCUT2D eigenvalue weighted by atomic mass is 16.5. The summed E-state index contributed by atoms with van der Waals surface area (Å²) in [7, 11) is 1.62. The predicted octanol–water partition coefficient (Wildman–Crippen LogP) is 2.62. The van der Waals surface area contributed by atoms with Crippen molar-refractivity contribution in [1.82, 2.24) is 15.2 Å². The molecule has 2 aromatic rings. The number of aromatic nitrogens is 1. The molecule has 0 radical (unpaired) electrons. The lowest BCUT2D eigenvalue weighted by Crippen LogP contribution is -2.43. The van der Waals surface area contributed by atoms with Gasteiger partial charge in [-0.25, -0.2) is 4.98 Å². The van der Waals surface area contributed by atoms with Gasteiger partial charge < -0.3 is 15.0 Å². The number of rotatable bonds is 5. The number of carbonyl (C=O) groups is 2. The summed E-state index contributed by atoms with van der Waals surface area (Å²) in [6, 6.07) is 9.24. The zero-order valence-corrected chi connectivity index (χ0v) is 15.3. The monoisotopic (exact) mass is 355 g/mol. The maximum Gasteiger partial charge on any atom is 0.272 e. The van der Waals surface area contributed by atoms with E-state index in [-0.39, 0.29) is 17.7 Å². The van der Waals surface area contributed by atoms with E-state index in [4.69, 9.17) is 4.74 Å². The molecule has 26 heavy (non-hydrogen) atoms. The first-order valence-corrected chi connectivity index (χ1v) is 9.14. The average Bonchev–Trinajstić information content (AvgIpc) is 2.70. The number of methoxy groups -OCH3 is 1. The first-order chi connectivity index (χ1) is 12.6. The zero-order valence-electron chi connectivity index (χ0n) is 15.3. The minimum absolute atomic E-state index is 0.00243. The topological polar surface area (TPSA) is 71.5 Å². The molecule has 1 aliphatic heterocycles. The van der Waals surface area contributed by atoms with Crippen molar-refractivity contribution in [2.45, 2.75) is 26.2 Å². The van der Waals surface area contributed by atoms with Crippen LogP contribution < -0.4 is 10.1 Å².